The quantitative estimate of drug-likeness (QED) is 0.877. The summed E-state index contributed by atoms with van der Waals surface area (Å²) in [5.41, 5.74) is 1.78. The molecule has 4 nitrogen and oxygen atoms in total. The summed E-state index contributed by atoms with van der Waals surface area (Å²) in [5.74, 6) is -0.646. The molecular formula is C15H15NO3S. The monoisotopic (exact) mass is 289 g/mol. The maximum atomic E-state index is 12.1. The lowest BCUT2D eigenvalue weighted by molar-refractivity contribution is 0.0527. The number of amides is 1. The molecule has 1 heterocycles. The molecule has 2 rings (SSSR count). The fourth-order valence-electron chi connectivity index (χ4n) is 1.76. The van der Waals surface area contributed by atoms with Crippen LogP contribution < -0.4 is 5.32 Å². The molecule has 1 amide bonds. The molecule has 1 N–H and O–H groups in total. The Morgan fingerprint density at radius 2 is 1.95 bits per heavy atom. The van der Waals surface area contributed by atoms with Crippen molar-refractivity contribution in [2.24, 2.45) is 0 Å². The third-order valence-corrected chi connectivity index (χ3v) is 3.73. The number of aryl methyl sites for hydroxylation is 1. The minimum Gasteiger partial charge on any atom is -0.462 e. The summed E-state index contributed by atoms with van der Waals surface area (Å²) < 4.78 is 5.01. The fourth-order valence-corrected chi connectivity index (χ4v) is 2.68. The van der Waals surface area contributed by atoms with Crippen LogP contribution in [0.1, 0.15) is 33.2 Å². The Kier molecular flexibility index (Phi) is 4.53. The van der Waals surface area contributed by atoms with E-state index in [4.69, 9.17) is 4.74 Å². The number of anilines is 1. The van der Waals surface area contributed by atoms with E-state index >= 15 is 0 Å². The van der Waals surface area contributed by atoms with Gasteiger partial charge in [-0.1, -0.05) is 18.2 Å². The Morgan fingerprint density at radius 3 is 2.60 bits per heavy atom. The van der Waals surface area contributed by atoms with Crippen LogP contribution in [0.15, 0.2) is 35.7 Å². The molecule has 0 aliphatic heterocycles. The van der Waals surface area contributed by atoms with Gasteiger partial charge in [0, 0.05) is 5.56 Å². The van der Waals surface area contributed by atoms with E-state index in [1.54, 1.807) is 31.2 Å². The molecule has 0 unspecified atom stereocenters. The lowest BCUT2D eigenvalue weighted by Crippen LogP contribution is -2.14. The number of hydrogen-bond acceptors (Lipinski definition) is 4. The zero-order chi connectivity index (χ0) is 14.5. The fraction of sp³-hybridized carbons (Fsp3) is 0.200. The predicted octanol–water partition coefficient (Wildman–Crippen LogP) is 3.49. The van der Waals surface area contributed by atoms with E-state index in [9.17, 15) is 9.59 Å². The van der Waals surface area contributed by atoms with E-state index in [0.29, 0.717) is 22.7 Å². The molecule has 0 saturated heterocycles. The van der Waals surface area contributed by atoms with Crippen LogP contribution in [0.4, 0.5) is 5.00 Å². The first-order valence-electron chi connectivity index (χ1n) is 6.25. The lowest BCUT2D eigenvalue weighted by atomic mass is 10.2. The van der Waals surface area contributed by atoms with Gasteiger partial charge in [-0.2, -0.15) is 0 Å². The average Bonchev–Trinajstić information content (AvgIpc) is 2.81. The number of carbonyl (C=O) groups excluding carboxylic acids is 2. The number of ether oxygens (including phenoxy) is 1. The smallest absolute Gasteiger partial charge is 0.341 e. The summed E-state index contributed by atoms with van der Waals surface area (Å²) in [5, 5.41) is 5.11. The van der Waals surface area contributed by atoms with E-state index in [1.807, 2.05) is 18.4 Å². The molecule has 104 valence electrons. The predicted molar refractivity (Wildman–Crippen MR) is 79.4 cm³/mol. The van der Waals surface area contributed by atoms with Gasteiger partial charge in [0.15, 0.2) is 0 Å². The highest BCUT2D eigenvalue weighted by Crippen LogP contribution is 2.28. The largest absolute Gasteiger partial charge is 0.462 e. The Morgan fingerprint density at radius 1 is 1.25 bits per heavy atom. The molecule has 0 atom stereocenters. The van der Waals surface area contributed by atoms with Gasteiger partial charge in [0.25, 0.3) is 5.91 Å². The molecule has 2 aromatic rings. The highest BCUT2D eigenvalue weighted by molar-refractivity contribution is 7.15. The highest BCUT2D eigenvalue weighted by atomic mass is 32.1. The van der Waals surface area contributed by atoms with Gasteiger partial charge in [0.1, 0.15) is 5.00 Å². The van der Waals surface area contributed by atoms with Crippen LogP contribution in [-0.4, -0.2) is 18.5 Å². The summed E-state index contributed by atoms with van der Waals surface area (Å²) in [7, 11) is 0. The van der Waals surface area contributed by atoms with Crippen molar-refractivity contribution >= 4 is 28.2 Å². The molecule has 1 aromatic carbocycles. The zero-order valence-electron chi connectivity index (χ0n) is 11.3. The number of hydrogen-bond donors (Lipinski definition) is 1. The summed E-state index contributed by atoms with van der Waals surface area (Å²) >= 11 is 1.32. The maximum Gasteiger partial charge on any atom is 0.341 e. The first-order chi connectivity index (χ1) is 9.63. The number of benzene rings is 1. The summed E-state index contributed by atoms with van der Waals surface area (Å²) in [6.07, 6.45) is 0. The molecule has 0 radical (unpaired) electrons. The minimum atomic E-state index is -0.408. The molecule has 5 heteroatoms. The van der Waals surface area contributed by atoms with Crippen LogP contribution in [0.3, 0.4) is 0 Å². The molecule has 0 bridgehead atoms. The van der Waals surface area contributed by atoms with Crippen LogP contribution in [0, 0.1) is 6.92 Å². The minimum absolute atomic E-state index is 0.238. The van der Waals surface area contributed by atoms with E-state index in [2.05, 4.69) is 5.32 Å². The third kappa shape index (κ3) is 3.05. The molecule has 0 aliphatic rings. The summed E-state index contributed by atoms with van der Waals surface area (Å²) in [6.45, 7) is 3.88. The first-order valence-corrected chi connectivity index (χ1v) is 7.13. The van der Waals surface area contributed by atoms with Crippen molar-refractivity contribution in [2.45, 2.75) is 13.8 Å². The highest BCUT2D eigenvalue weighted by Gasteiger charge is 2.19. The van der Waals surface area contributed by atoms with Gasteiger partial charge >= 0.3 is 5.97 Å². The number of thiophene rings is 1. The SMILES string of the molecule is CCOC(=O)c1c(C)csc1NC(=O)c1ccccc1. The second-order valence-corrected chi connectivity index (χ2v) is 5.04. The van der Waals surface area contributed by atoms with Crippen molar-refractivity contribution in [3.8, 4) is 0 Å². The van der Waals surface area contributed by atoms with Crippen LogP contribution in [0.5, 0.6) is 0 Å². The second-order valence-electron chi connectivity index (χ2n) is 4.16. The van der Waals surface area contributed by atoms with Crippen molar-refractivity contribution in [2.75, 3.05) is 11.9 Å². The Hall–Kier alpha value is -2.14. The van der Waals surface area contributed by atoms with Crippen molar-refractivity contribution in [1.29, 1.82) is 0 Å². The lowest BCUT2D eigenvalue weighted by Gasteiger charge is -2.07. The maximum absolute atomic E-state index is 12.1. The van der Waals surface area contributed by atoms with Crippen LogP contribution in [-0.2, 0) is 4.74 Å². The van der Waals surface area contributed by atoms with Gasteiger partial charge in [-0.05, 0) is 36.9 Å². The molecule has 0 saturated carbocycles. The number of nitrogens with one attached hydrogen (secondary N) is 1. The Balaban J connectivity index is 2.22. The van der Waals surface area contributed by atoms with Crippen LogP contribution >= 0.6 is 11.3 Å². The van der Waals surface area contributed by atoms with Crippen molar-refractivity contribution in [3.05, 3.63) is 52.4 Å². The standard InChI is InChI=1S/C15H15NO3S/c1-3-19-15(18)12-10(2)9-20-14(12)16-13(17)11-7-5-4-6-8-11/h4-9H,3H2,1-2H3,(H,16,17). The molecule has 20 heavy (non-hydrogen) atoms. The third-order valence-electron chi connectivity index (χ3n) is 2.72. The second kappa shape index (κ2) is 6.34. The Bertz CT molecular complexity index is 619. The average molecular weight is 289 g/mol. The van der Waals surface area contributed by atoms with Crippen LogP contribution in [0.25, 0.3) is 0 Å². The van der Waals surface area contributed by atoms with Crippen molar-refractivity contribution < 1.29 is 14.3 Å². The van der Waals surface area contributed by atoms with Gasteiger partial charge in [0.05, 0.1) is 12.2 Å². The van der Waals surface area contributed by atoms with E-state index in [0.717, 1.165) is 5.56 Å². The van der Waals surface area contributed by atoms with Crippen LogP contribution in [0.2, 0.25) is 0 Å². The first kappa shape index (κ1) is 14.3. The Labute approximate surface area is 121 Å². The molecule has 0 aliphatic carbocycles. The molecule has 1 aromatic heterocycles. The zero-order valence-corrected chi connectivity index (χ0v) is 12.1. The van der Waals surface area contributed by atoms with Gasteiger partial charge in [-0.25, -0.2) is 4.79 Å². The van der Waals surface area contributed by atoms with Crippen molar-refractivity contribution in [3.63, 3.8) is 0 Å². The molecular weight excluding hydrogens is 274 g/mol. The molecule has 0 spiro atoms. The molecule has 0 fully saturated rings. The van der Waals surface area contributed by atoms with Gasteiger partial charge in [0.2, 0.25) is 0 Å². The van der Waals surface area contributed by atoms with E-state index in [1.165, 1.54) is 11.3 Å². The summed E-state index contributed by atoms with van der Waals surface area (Å²) in [4.78, 5) is 24.0. The summed E-state index contributed by atoms with van der Waals surface area (Å²) in [6, 6.07) is 8.87. The number of carbonyl (C=O) groups is 2. The number of rotatable bonds is 4. The van der Waals surface area contributed by atoms with E-state index < -0.39 is 5.97 Å². The number of esters is 1. The normalized spacial score (nSPS) is 10.1. The van der Waals surface area contributed by atoms with Gasteiger partial charge < -0.3 is 10.1 Å². The topological polar surface area (TPSA) is 55.4 Å². The van der Waals surface area contributed by atoms with E-state index in [-0.39, 0.29) is 5.91 Å². The van der Waals surface area contributed by atoms with Gasteiger partial charge in [-0.15, -0.1) is 11.3 Å². The van der Waals surface area contributed by atoms with Gasteiger partial charge in [-0.3, -0.25) is 4.79 Å². The van der Waals surface area contributed by atoms with Crippen molar-refractivity contribution in [1.82, 2.24) is 0 Å².